The predicted molar refractivity (Wildman–Crippen MR) is 180 cm³/mol. The topological polar surface area (TPSA) is 108 Å². The summed E-state index contributed by atoms with van der Waals surface area (Å²) in [5, 5.41) is 10.2. The number of allylic oxidation sites excluding steroid dienone is 2. The molecule has 54 heavy (non-hydrogen) atoms. The van der Waals surface area contributed by atoms with Gasteiger partial charge in [0.1, 0.15) is 23.5 Å². The maximum absolute atomic E-state index is 15.2. The standard InChI is InChI=1S/C39H27ClF6N2O6/c40-22-7-4-8-23(16-22)48-34(51)29-17-28-26(32(30-12-9-25(18-49)54-30)37(29,36(48)53)19-5-2-1-3-6-19)10-11-27-31(28)35(52)47(33(27)50)24-14-20(38(41,42)43)13-21(15-24)39(44,45)46/h1-10,12-16,27-29,31-32,49H,11,17-18H2/t27-,28+,29-,31-,32+,37+/m0/s1. The van der Waals surface area contributed by atoms with E-state index in [1.807, 2.05) is 0 Å². The number of benzene rings is 3. The van der Waals surface area contributed by atoms with Gasteiger partial charge in [0.05, 0.1) is 46.2 Å². The molecule has 278 valence electrons. The normalized spacial score (nSPS) is 26.9. The Labute approximate surface area is 307 Å². The van der Waals surface area contributed by atoms with Gasteiger partial charge in [0.2, 0.25) is 23.6 Å². The second-order valence-electron chi connectivity index (χ2n) is 13.8. The SMILES string of the molecule is O=C1[C@H]2[C@H](CC=C3[C@H]2C[C@H]2C(=O)N(c4cccc(Cl)c4)C(=O)[C@@]2(c2ccccc2)[C@H]3c2ccc(CO)o2)C(=O)N1c1cc(C(F)(F)F)cc(C(F)(F)F)c1. The Kier molecular flexibility index (Phi) is 8.23. The van der Waals surface area contributed by atoms with Crippen LogP contribution in [0.4, 0.5) is 37.7 Å². The lowest BCUT2D eigenvalue weighted by Gasteiger charge is -2.49. The molecule has 0 spiro atoms. The Hall–Kier alpha value is -5.21. The maximum Gasteiger partial charge on any atom is 0.416 e. The van der Waals surface area contributed by atoms with Crippen LogP contribution in [0.15, 0.2) is 101 Å². The molecule has 1 aromatic heterocycles. The van der Waals surface area contributed by atoms with Gasteiger partial charge in [0.15, 0.2) is 0 Å². The van der Waals surface area contributed by atoms with E-state index in [2.05, 4.69) is 0 Å². The zero-order chi connectivity index (χ0) is 38.5. The smallest absolute Gasteiger partial charge is 0.416 e. The third kappa shape index (κ3) is 5.24. The summed E-state index contributed by atoms with van der Waals surface area (Å²) in [7, 11) is 0. The fourth-order valence-electron chi connectivity index (χ4n) is 9.01. The summed E-state index contributed by atoms with van der Waals surface area (Å²) in [6.45, 7) is -0.512. The van der Waals surface area contributed by atoms with E-state index in [1.54, 1.807) is 54.6 Å². The first-order valence-corrected chi connectivity index (χ1v) is 17.2. The molecule has 0 radical (unpaired) electrons. The number of fused-ring (bicyclic) bond motifs is 4. The van der Waals surface area contributed by atoms with E-state index in [1.165, 1.54) is 18.2 Å². The van der Waals surface area contributed by atoms with Crippen molar-refractivity contribution in [3.8, 4) is 0 Å². The largest absolute Gasteiger partial charge is 0.463 e. The molecule has 8 rings (SSSR count). The minimum atomic E-state index is -5.23. The van der Waals surface area contributed by atoms with Gasteiger partial charge in [-0.05, 0) is 72.9 Å². The molecule has 2 aliphatic heterocycles. The van der Waals surface area contributed by atoms with Gasteiger partial charge in [-0.3, -0.25) is 19.2 Å². The molecule has 2 saturated heterocycles. The predicted octanol–water partition coefficient (Wildman–Crippen LogP) is 7.83. The number of alkyl halides is 6. The van der Waals surface area contributed by atoms with Crippen LogP contribution >= 0.6 is 11.6 Å². The number of hydrogen-bond donors (Lipinski definition) is 1. The number of carbonyl (C=O) groups excluding carboxylic acids is 4. The lowest BCUT2D eigenvalue weighted by atomic mass is 9.50. The third-order valence-electron chi connectivity index (χ3n) is 11.1. The number of amides is 4. The molecule has 4 amide bonds. The van der Waals surface area contributed by atoms with Crippen LogP contribution in [-0.2, 0) is 43.6 Å². The highest BCUT2D eigenvalue weighted by molar-refractivity contribution is 6.32. The fraction of sp³-hybridized carbons (Fsp3) is 0.282. The lowest BCUT2D eigenvalue weighted by molar-refractivity contribution is -0.143. The summed E-state index contributed by atoms with van der Waals surface area (Å²) in [6.07, 6.45) is -9.15. The van der Waals surface area contributed by atoms with Gasteiger partial charge >= 0.3 is 12.4 Å². The molecule has 8 nitrogen and oxygen atoms in total. The van der Waals surface area contributed by atoms with Gasteiger partial charge in [-0.25, -0.2) is 9.80 Å². The molecule has 3 heterocycles. The first-order valence-electron chi connectivity index (χ1n) is 16.8. The number of rotatable bonds is 5. The number of hydrogen-bond acceptors (Lipinski definition) is 6. The molecule has 1 N–H and O–H groups in total. The Bertz CT molecular complexity index is 2240. The summed E-state index contributed by atoms with van der Waals surface area (Å²) in [5.74, 6) is -8.79. The number of aliphatic hydroxyl groups is 1. The average Bonchev–Trinajstić information content (AvgIpc) is 3.77. The van der Waals surface area contributed by atoms with Crippen LogP contribution in [-0.4, -0.2) is 28.7 Å². The lowest BCUT2D eigenvalue weighted by Crippen LogP contribution is -2.53. The highest BCUT2D eigenvalue weighted by atomic mass is 35.5. The van der Waals surface area contributed by atoms with Crippen molar-refractivity contribution in [1.82, 2.24) is 0 Å². The van der Waals surface area contributed by atoms with Crippen LogP contribution in [0.5, 0.6) is 0 Å². The average molecular weight is 769 g/mol. The van der Waals surface area contributed by atoms with Crippen LogP contribution in [0.1, 0.15) is 47.0 Å². The van der Waals surface area contributed by atoms with Crippen molar-refractivity contribution in [2.24, 2.45) is 23.7 Å². The van der Waals surface area contributed by atoms with Crippen molar-refractivity contribution < 1.29 is 55.0 Å². The molecule has 3 aromatic carbocycles. The van der Waals surface area contributed by atoms with Crippen LogP contribution in [0.2, 0.25) is 5.02 Å². The number of furan rings is 1. The number of nitrogens with zero attached hydrogens (tertiary/aromatic N) is 2. The molecule has 0 unspecified atom stereocenters. The highest BCUT2D eigenvalue weighted by Gasteiger charge is 2.71. The van der Waals surface area contributed by atoms with Crippen molar-refractivity contribution in [3.05, 3.63) is 130 Å². The summed E-state index contributed by atoms with van der Waals surface area (Å²) in [4.78, 5) is 59.7. The fourth-order valence-corrected chi connectivity index (χ4v) is 9.19. The van der Waals surface area contributed by atoms with Crippen LogP contribution in [0, 0.1) is 23.7 Å². The van der Waals surface area contributed by atoms with Crippen LogP contribution < -0.4 is 9.80 Å². The van der Waals surface area contributed by atoms with E-state index >= 15 is 4.79 Å². The van der Waals surface area contributed by atoms with E-state index in [4.69, 9.17) is 16.0 Å². The van der Waals surface area contributed by atoms with Gasteiger partial charge in [-0.1, -0.05) is 59.6 Å². The Morgan fingerprint density at radius 1 is 0.759 bits per heavy atom. The minimum absolute atomic E-state index is 0.0888. The minimum Gasteiger partial charge on any atom is -0.463 e. The number of carbonyl (C=O) groups is 4. The number of halogens is 7. The summed E-state index contributed by atoms with van der Waals surface area (Å²) in [6, 6.07) is 18.2. The van der Waals surface area contributed by atoms with Crippen molar-refractivity contribution in [1.29, 1.82) is 0 Å². The van der Waals surface area contributed by atoms with Gasteiger partial charge in [0.25, 0.3) is 0 Å². The van der Waals surface area contributed by atoms with Gasteiger partial charge in [-0.15, -0.1) is 0 Å². The summed E-state index contributed by atoms with van der Waals surface area (Å²) < 4.78 is 89.2. The molecule has 6 atom stereocenters. The molecule has 3 fully saturated rings. The quantitative estimate of drug-likeness (QED) is 0.126. The zero-order valence-corrected chi connectivity index (χ0v) is 28.5. The molecule has 4 aliphatic rings. The van der Waals surface area contributed by atoms with E-state index in [0.717, 1.165) is 4.90 Å². The van der Waals surface area contributed by atoms with E-state index < -0.39 is 94.4 Å². The summed E-state index contributed by atoms with van der Waals surface area (Å²) >= 11 is 6.29. The third-order valence-corrected chi connectivity index (χ3v) is 11.4. The first kappa shape index (κ1) is 35.8. The number of imide groups is 2. The molecule has 0 bridgehead atoms. The first-order chi connectivity index (χ1) is 25.6. The molecular formula is C39H27ClF6N2O6. The summed E-state index contributed by atoms with van der Waals surface area (Å²) in [5.41, 5.74) is -4.92. The van der Waals surface area contributed by atoms with Crippen molar-refractivity contribution in [2.75, 3.05) is 9.80 Å². The molecule has 15 heteroatoms. The Morgan fingerprint density at radius 3 is 2.06 bits per heavy atom. The second-order valence-corrected chi connectivity index (χ2v) is 14.3. The molecule has 4 aromatic rings. The molecular weight excluding hydrogens is 742 g/mol. The highest BCUT2D eigenvalue weighted by Crippen LogP contribution is 2.64. The number of anilines is 2. The molecule has 1 saturated carbocycles. The van der Waals surface area contributed by atoms with Gasteiger partial charge in [0, 0.05) is 5.02 Å². The van der Waals surface area contributed by atoms with Crippen molar-refractivity contribution >= 4 is 46.6 Å². The van der Waals surface area contributed by atoms with E-state index in [9.17, 15) is 45.8 Å². The second kappa shape index (κ2) is 12.4. The van der Waals surface area contributed by atoms with Crippen LogP contribution in [0.3, 0.4) is 0 Å². The van der Waals surface area contributed by atoms with Crippen molar-refractivity contribution in [2.45, 2.75) is 43.1 Å². The molecule has 2 aliphatic carbocycles. The van der Waals surface area contributed by atoms with E-state index in [-0.39, 0.29) is 41.1 Å². The number of aliphatic hydroxyl groups excluding tert-OH is 1. The Morgan fingerprint density at radius 2 is 1.44 bits per heavy atom. The van der Waals surface area contributed by atoms with E-state index in [0.29, 0.717) is 28.2 Å². The Balaban J connectivity index is 1.31. The van der Waals surface area contributed by atoms with Crippen molar-refractivity contribution in [3.63, 3.8) is 0 Å². The van der Waals surface area contributed by atoms with Gasteiger partial charge in [-0.2, -0.15) is 26.3 Å². The van der Waals surface area contributed by atoms with Gasteiger partial charge < -0.3 is 9.52 Å². The monoisotopic (exact) mass is 768 g/mol. The zero-order valence-electron chi connectivity index (χ0n) is 27.7. The maximum atomic E-state index is 15.2. The van der Waals surface area contributed by atoms with Crippen LogP contribution in [0.25, 0.3) is 0 Å².